The molecule has 3 aromatic carbocycles. The van der Waals surface area contributed by atoms with Crippen LogP contribution in [0, 0.1) is 6.92 Å². The molecule has 0 saturated carbocycles. The molecule has 150 valence electrons. The summed E-state index contributed by atoms with van der Waals surface area (Å²) in [6, 6.07) is 25.5. The molecule has 4 heteroatoms. The van der Waals surface area contributed by atoms with Gasteiger partial charge in [0.2, 0.25) is 0 Å². The number of benzene rings is 3. The highest BCUT2D eigenvalue weighted by Crippen LogP contribution is 2.25. The number of amides is 1. The van der Waals surface area contributed by atoms with E-state index in [1.165, 1.54) is 11.1 Å². The van der Waals surface area contributed by atoms with Gasteiger partial charge >= 0.3 is 0 Å². The van der Waals surface area contributed by atoms with E-state index in [2.05, 4.69) is 31.4 Å². The van der Waals surface area contributed by atoms with Crippen LogP contribution < -0.4 is 15.0 Å². The van der Waals surface area contributed by atoms with Crippen molar-refractivity contribution in [2.45, 2.75) is 26.4 Å². The van der Waals surface area contributed by atoms with E-state index in [0.717, 1.165) is 17.0 Å². The molecule has 0 spiro atoms. The zero-order chi connectivity index (χ0) is 20.6. The standard InChI is InChI=1S/C25H28N2O2/c1-4-29-23-17-11-10-16-22(23)26-25(28)24(20-13-6-5-7-14-20)27(3)18-21-15-9-8-12-19(21)2/h5-17,24H,4,18H2,1-3H3,(H,26,28)/p+1/t24-/m0/s1. The van der Waals surface area contributed by atoms with E-state index in [1.807, 2.05) is 73.7 Å². The first-order chi connectivity index (χ1) is 14.1. The number of ether oxygens (including phenoxy) is 1. The third kappa shape index (κ3) is 5.24. The fourth-order valence-electron chi connectivity index (χ4n) is 3.57. The minimum atomic E-state index is -0.342. The van der Waals surface area contributed by atoms with E-state index < -0.39 is 0 Å². The van der Waals surface area contributed by atoms with Crippen molar-refractivity contribution in [2.75, 3.05) is 19.0 Å². The summed E-state index contributed by atoms with van der Waals surface area (Å²) in [5, 5.41) is 3.09. The average Bonchev–Trinajstić information content (AvgIpc) is 2.72. The maximum absolute atomic E-state index is 13.4. The summed E-state index contributed by atoms with van der Waals surface area (Å²) < 4.78 is 5.67. The average molecular weight is 390 g/mol. The molecule has 0 aliphatic rings. The molecule has 0 heterocycles. The van der Waals surface area contributed by atoms with Crippen molar-refractivity contribution in [1.82, 2.24) is 0 Å². The third-order valence-electron chi connectivity index (χ3n) is 5.06. The smallest absolute Gasteiger partial charge is 0.287 e. The van der Waals surface area contributed by atoms with Crippen molar-refractivity contribution < 1.29 is 14.4 Å². The van der Waals surface area contributed by atoms with Gasteiger partial charge in [-0.25, -0.2) is 0 Å². The normalized spacial score (nSPS) is 12.8. The minimum Gasteiger partial charge on any atom is -0.492 e. The summed E-state index contributed by atoms with van der Waals surface area (Å²) in [6.45, 7) is 5.35. The lowest BCUT2D eigenvalue weighted by atomic mass is 10.0. The maximum atomic E-state index is 13.4. The monoisotopic (exact) mass is 389 g/mol. The van der Waals surface area contributed by atoms with Gasteiger partial charge in [-0.3, -0.25) is 4.79 Å². The van der Waals surface area contributed by atoms with Crippen molar-refractivity contribution in [3.8, 4) is 5.75 Å². The van der Waals surface area contributed by atoms with E-state index in [-0.39, 0.29) is 11.9 Å². The number of carbonyl (C=O) groups excluding carboxylic acids is 1. The molecule has 1 amide bonds. The number of rotatable bonds is 8. The van der Waals surface area contributed by atoms with Crippen LogP contribution in [0.5, 0.6) is 5.75 Å². The second kappa shape index (κ2) is 9.89. The highest BCUT2D eigenvalue weighted by molar-refractivity contribution is 5.95. The number of hydrogen-bond donors (Lipinski definition) is 2. The fraction of sp³-hybridized carbons (Fsp3) is 0.240. The van der Waals surface area contributed by atoms with Crippen molar-refractivity contribution >= 4 is 11.6 Å². The first-order valence-electron chi connectivity index (χ1n) is 10.0. The summed E-state index contributed by atoms with van der Waals surface area (Å²) in [7, 11) is 2.07. The minimum absolute atomic E-state index is 0.0468. The highest BCUT2D eigenvalue weighted by Gasteiger charge is 2.30. The van der Waals surface area contributed by atoms with E-state index in [4.69, 9.17) is 4.74 Å². The maximum Gasteiger partial charge on any atom is 0.287 e. The molecule has 0 aliphatic carbocycles. The fourth-order valence-corrected chi connectivity index (χ4v) is 3.57. The molecule has 29 heavy (non-hydrogen) atoms. The van der Waals surface area contributed by atoms with Crippen LogP contribution in [0.3, 0.4) is 0 Å². The molecule has 4 nitrogen and oxygen atoms in total. The van der Waals surface area contributed by atoms with E-state index in [0.29, 0.717) is 18.0 Å². The lowest BCUT2D eigenvalue weighted by molar-refractivity contribution is -0.915. The summed E-state index contributed by atoms with van der Waals surface area (Å²) in [5.41, 5.74) is 4.17. The summed E-state index contributed by atoms with van der Waals surface area (Å²) in [5.74, 6) is 0.640. The Labute approximate surface area is 173 Å². The van der Waals surface area contributed by atoms with Crippen LogP contribution in [-0.2, 0) is 11.3 Å². The van der Waals surface area contributed by atoms with Crippen LogP contribution in [0.4, 0.5) is 5.69 Å². The molecule has 3 aromatic rings. The first kappa shape index (κ1) is 20.6. The Hall–Kier alpha value is -3.11. The number of likely N-dealkylation sites (N-methyl/N-ethyl adjacent to an activating group) is 1. The van der Waals surface area contributed by atoms with Gasteiger partial charge in [-0.2, -0.15) is 0 Å². The van der Waals surface area contributed by atoms with Crippen molar-refractivity contribution in [3.63, 3.8) is 0 Å². The van der Waals surface area contributed by atoms with Crippen LogP contribution in [-0.4, -0.2) is 19.6 Å². The lowest BCUT2D eigenvalue weighted by Gasteiger charge is -2.25. The van der Waals surface area contributed by atoms with Gasteiger partial charge in [-0.05, 0) is 31.5 Å². The Balaban J connectivity index is 1.88. The number of anilines is 1. The summed E-state index contributed by atoms with van der Waals surface area (Å²) in [6.07, 6.45) is 0. The van der Waals surface area contributed by atoms with Gasteiger partial charge in [0, 0.05) is 11.1 Å². The van der Waals surface area contributed by atoms with Crippen LogP contribution in [0.25, 0.3) is 0 Å². The van der Waals surface area contributed by atoms with Crippen molar-refractivity contribution in [2.24, 2.45) is 0 Å². The van der Waals surface area contributed by atoms with Gasteiger partial charge in [-0.1, -0.05) is 66.7 Å². The molecule has 0 aliphatic heterocycles. The third-order valence-corrected chi connectivity index (χ3v) is 5.06. The van der Waals surface area contributed by atoms with E-state index >= 15 is 0 Å². The Morgan fingerprint density at radius 1 is 0.966 bits per heavy atom. The summed E-state index contributed by atoms with van der Waals surface area (Å²) in [4.78, 5) is 14.5. The van der Waals surface area contributed by atoms with Crippen molar-refractivity contribution in [3.05, 3.63) is 95.6 Å². The van der Waals surface area contributed by atoms with Crippen LogP contribution in [0.2, 0.25) is 0 Å². The number of quaternary nitrogens is 1. The molecular weight excluding hydrogens is 360 g/mol. The zero-order valence-corrected chi connectivity index (χ0v) is 17.3. The van der Waals surface area contributed by atoms with Gasteiger partial charge in [0.05, 0.1) is 19.3 Å². The Morgan fingerprint density at radius 2 is 1.62 bits per heavy atom. The molecule has 0 aromatic heterocycles. The predicted octanol–water partition coefficient (Wildman–Crippen LogP) is 3.79. The van der Waals surface area contributed by atoms with E-state index in [9.17, 15) is 4.79 Å². The van der Waals surface area contributed by atoms with Gasteiger partial charge in [-0.15, -0.1) is 0 Å². The quantitative estimate of drug-likeness (QED) is 0.616. The molecule has 0 fully saturated rings. The molecule has 0 bridgehead atoms. The number of aryl methyl sites for hydroxylation is 1. The number of carbonyl (C=O) groups is 1. The van der Waals surface area contributed by atoms with Gasteiger partial charge in [0.25, 0.3) is 5.91 Å². The molecule has 1 unspecified atom stereocenters. The largest absolute Gasteiger partial charge is 0.492 e. The SMILES string of the molecule is CCOc1ccccc1NC(=O)[C@H](c1ccccc1)[NH+](C)Cc1ccccc1C. The molecule has 2 N–H and O–H groups in total. The van der Waals surface area contributed by atoms with Crippen LogP contribution >= 0.6 is 0 Å². The van der Waals surface area contributed by atoms with Gasteiger partial charge < -0.3 is 15.0 Å². The Bertz CT molecular complexity index is 940. The van der Waals surface area contributed by atoms with Crippen LogP contribution in [0.1, 0.15) is 29.7 Å². The molecule has 0 saturated heterocycles. The second-order valence-corrected chi connectivity index (χ2v) is 7.21. The van der Waals surface area contributed by atoms with E-state index in [1.54, 1.807) is 0 Å². The summed E-state index contributed by atoms with van der Waals surface area (Å²) >= 11 is 0. The topological polar surface area (TPSA) is 42.8 Å². The lowest BCUT2D eigenvalue weighted by Crippen LogP contribution is -3.09. The number of para-hydroxylation sites is 2. The Morgan fingerprint density at radius 3 is 2.34 bits per heavy atom. The zero-order valence-electron chi connectivity index (χ0n) is 17.3. The second-order valence-electron chi connectivity index (χ2n) is 7.21. The molecule has 2 atom stereocenters. The molecular formula is C25H29N2O2+. The van der Waals surface area contributed by atoms with Gasteiger partial charge in [0.1, 0.15) is 12.3 Å². The van der Waals surface area contributed by atoms with Gasteiger partial charge in [0.15, 0.2) is 6.04 Å². The Kier molecular flexibility index (Phi) is 7.04. The molecule has 0 radical (unpaired) electrons. The molecule has 3 rings (SSSR count). The first-order valence-corrected chi connectivity index (χ1v) is 10.0. The van der Waals surface area contributed by atoms with Crippen LogP contribution in [0.15, 0.2) is 78.9 Å². The highest BCUT2D eigenvalue weighted by atomic mass is 16.5. The number of nitrogens with one attached hydrogen (secondary N) is 2. The van der Waals surface area contributed by atoms with Crippen molar-refractivity contribution in [1.29, 1.82) is 0 Å². The predicted molar refractivity (Wildman–Crippen MR) is 117 cm³/mol. The number of hydrogen-bond acceptors (Lipinski definition) is 2.